The van der Waals surface area contributed by atoms with Crippen LogP contribution in [0.25, 0.3) is 11.0 Å². The molecule has 0 saturated carbocycles. The fourth-order valence-corrected chi connectivity index (χ4v) is 3.52. The number of carbonyl (C=O) groups excluding carboxylic acids is 1. The largest absolute Gasteiger partial charge is 0.351 e. The van der Waals surface area contributed by atoms with E-state index < -0.39 is 11.7 Å². The van der Waals surface area contributed by atoms with Crippen LogP contribution in [0.4, 0.5) is 15.8 Å². The van der Waals surface area contributed by atoms with Crippen molar-refractivity contribution in [2.24, 2.45) is 7.05 Å². The summed E-state index contributed by atoms with van der Waals surface area (Å²) in [6.07, 6.45) is 4.29. The van der Waals surface area contributed by atoms with Gasteiger partial charge < -0.3 is 9.88 Å². The summed E-state index contributed by atoms with van der Waals surface area (Å²) in [5, 5.41) is 3.37. The predicted molar refractivity (Wildman–Crippen MR) is 120 cm³/mol. The van der Waals surface area contributed by atoms with Gasteiger partial charge in [0.05, 0.1) is 40.4 Å². The molecular formula is C19H21BClFN4O2S. The summed E-state index contributed by atoms with van der Waals surface area (Å²) in [7, 11) is 3.64. The Balaban J connectivity index is 1.96. The number of hydrogen-bond donors (Lipinski definition) is 2. The smallest absolute Gasteiger partial charge is 0.277 e. The Bertz CT molecular complexity index is 1050. The van der Waals surface area contributed by atoms with Crippen LogP contribution in [-0.4, -0.2) is 41.9 Å². The molecule has 152 valence electrons. The van der Waals surface area contributed by atoms with Crippen molar-refractivity contribution in [1.29, 1.82) is 0 Å². The van der Waals surface area contributed by atoms with Crippen molar-refractivity contribution >= 4 is 65.0 Å². The van der Waals surface area contributed by atoms with Crippen LogP contribution in [0.15, 0.2) is 30.6 Å². The molecule has 0 aliphatic heterocycles. The summed E-state index contributed by atoms with van der Waals surface area (Å²) in [6, 6.07) is 6.92. The first kappa shape index (κ1) is 21.5. The molecule has 0 radical (unpaired) electrons. The molecule has 0 spiro atoms. The number of benzene rings is 2. The Hall–Kier alpha value is -2.23. The van der Waals surface area contributed by atoms with Gasteiger partial charge in [0.1, 0.15) is 13.4 Å². The molecule has 0 bridgehead atoms. The number of hydroxylamine groups is 1. The minimum Gasteiger partial charge on any atom is -0.351 e. The average Bonchev–Trinajstić information content (AvgIpc) is 3.06. The van der Waals surface area contributed by atoms with E-state index in [1.807, 2.05) is 20.2 Å². The first-order valence-electron chi connectivity index (χ1n) is 9.00. The molecule has 1 heterocycles. The fourth-order valence-electron chi connectivity index (χ4n) is 2.83. The number of fused-ring (bicyclic) bond motifs is 1. The molecule has 2 N–H and O–H groups in total. The number of halogens is 2. The van der Waals surface area contributed by atoms with Gasteiger partial charge in [-0.2, -0.15) is 11.8 Å². The molecule has 0 unspecified atom stereocenters. The molecule has 0 saturated heterocycles. The molecule has 1 aromatic heterocycles. The number of amides is 1. The number of anilines is 2. The second kappa shape index (κ2) is 9.52. The van der Waals surface area contributed by atoms with Gasteiger partial charge in [-0.15, -0.1) is 0 Å². The first-order chi connectivity index (χ1) is 13.9. The van der Waals surface area contributed by atoms with Crippen LogP contribution < -0.4 is 16.3 Å². The summed E-state index contributed by atoms with van der Waals surface area (Å²) in [5.41, 5.74) is 4.60. The highest BCUT2D eigenvalue weighted by Gasteiger charge is 2.22. The summed E-state index contributed by atoms with van der Waals surface area (Å²) >= 11 is 7.98. The molecule has 29 heavy (non-hydrogen) atoms. The van der Waals surface area contributed by atoms with Crippen molar-refractivity contribution in [2.45, 2.75) is 6.42 Å². The highest BCUT2D eigenvalue weighted by molar-refractivity contribution is 7.98. The zero-order valence-corrected chi connectivity index (χ0v) is 18.0. The highest BCUT2D eigenvalue weighted by Crippen LogP contribution is 2.32. The Morgan fingerprint density at radius 2 is 2.21 bits per heavy atom. The van der Waals surface area contributed by atoms with Crippen LogP contribution in [0.5, 0.6) is 0 Å². The van der Waals surface area contributed by atoms with Crippen LogP contribution in [0.1, 0.15) is 16.8 Å². The molecule has 2 aromatic carbocycles. The molecule has 3 aromatic rings. The van der Waals surface area contributed by atoms with Crippen LogP contribution in [0.2, 0.25) is 5.02 Å². The molecular weight excluding hydrogens is 414 g/mol. The normalized spacial score (nSPS) is 11.0. The van der Waals surface area contributed by atoms with Crippen molar-refractivity contribution in [1.82, 2.24) is 15.0 Å². The number of imidazole rings is 1. The number of hydrogen-bond acceptors (Lipinski definition) is 5. The average molecular weight is 435 g/mol. The number of thioether (sulfide) groups is 1. The number of carbonyl (C=O) groups is 1. The maximum atomic E-state index is 15.3. The number of nitrogens with zero attached hydrogens (tertiary/aromatic N) is 2. The van der Waals surface area contributed by atoms with Crippen LogP contribution in [0, 0.1) is 5.82 Å². The van der Waals surface area contributed by atoms with Gasteiger partial charge in [-0.1, -0.05) is 23.1 Å². The van der Waals surface area contributed by atoms with Crippen LogP contribution in [-0.2, 0) is 11.9 Å². The number of aromatic nitrogens is 2. The van der Waals surface area contributed by atoms with E-state index in [2.05, 4.69) is 15.8 Å². The standard InChI is InChI=1S/C19H21BClFN4O2S/c1-26-10-23-18-15(26)9-12(19(27)25-28-6-3-7-29-2)17(16(18)22)24-14-5-4-11(20)8-13(14)21/h4-5,8-10,24H,3,6-7,20H2,1-2H3,(H,25,27). The van der Waals surface area contributed by atoms with Crippen LogP contribution in [0.3, 0.4) is 0 Å². The summed E-state index contributed by atoms with van der Waals surface area (Å²) in [4.78, 5) is 22.1. The van der Waals surface area contributed by atoms with Crippen LogP contribution >= 0.6 is 23.4 Å². The SMILES string of the molecule is Bc1ccc(Nc2c(C(=O)NOCCCSC)cc3c(ncn3C)c2F)c(Cl)c1. The van der Waals surface area contributed by atoms with E-state index in [4.69, 9.17) is 16.4 Å². The van der Waals surface area contributed by atoms with Crippen molar-refractivity contribution in [2.75, 3.05) is 23.9 Å². The van der Waals surface area contributed by atoms with E-state index >= 15 is 4.39 Å². The van der Waals surface area contributed by atoms with E-state index in [0.29, 0.717) is 22.8 Å². The maximum absolute atomic E-state index is 15.3. The minimum absolute atomic E-state index is 0.00725. The molecule has 10 heteroatoms. The molecule has 0 aliphatic carbocycles. The van der Waals surface area contributed by atoms with Crippen molar-refractivity contribution in [3.8, 4) is 0 Å². The lowest BCUT2D eigenvalue weighted by Crippen LogP contribution is -2.25. The molecule has 6 nitrogen and oxygen atoms in total. The quantitative estimate of drug-likeness (QED) is 0.324. The van der Waals surface area contributed by atoms with Crippen molar-refractivity contribution in [3.05, 3.63) is 47.0 Å². The van der Waals surface area contributed by atoms with Gasteiger partial charge in [0.15, 0.2) is 5.82 Å². The third-order valence-corrected chi connectivity index (χ3v) is 5.36. The van der Waals surface area contributed by atoms with Gasteiger partial charge in [0, 0.05) is 7.05 Å². The second-order valence-corrected chi connectivity index (χ2v) is 7.96. The monoisotopic (exact) mass is 434 g/mol. The third kappa shape index (κ3) is 4.86. The predicted octanol–water partition coefficient (Wildman–Crippen LogP) is 2.78. The number of aryl methyl sites for hydroxylation is 1. The Morgan fingerprint density at radius 3 is 2.93 bits per heavy atom. The lowest BCUT2D eigenvalue weighted by atomic mass is 9.96. The molecule has 0 aliphatic rings. The Labute approximate surface area is 178 Å². The third-order valence-electron chi connectivity index (χ3n) is 4.35. The van der Waals surface area contributed by atoms with Gasteiger partial charge in [-0.05, 0) is 36.6 Å². The van der Waals surface area contributed by atoms with Crippen molar-refractivity contribution < 1.29 is 14.0 Å². The molecule has 1 amide bonds. The van der Waals surface area contributed by atoms with Crippen molar-refractivity contribution in [3.63, 3.8) is 0 Å². The van der Waals surface area contributed by atoms with E-state index in [-0.39, 0.29) is 16.8 Å². The van der Waals surface area contributed by atoms with E-state index in [1.54, 1.807) is 41.6 Å². The molecule has 0 fully saturated rings. The summed E-state index contributed by atoms with van der Waals surface area (Å²) in [5.74, 6) is -0.265. The summed E-state index contributed by atoms with van der Waals surface area (Å²) < 4.78 is 16.9. The van der Waals surface area contributed by atoms with Gasteiger partial charge >= 0.3 is 0 Å². The topological polar surface area (TPSA) is 68.2 Å². The molecule has 0 atom stereocenters. The van der Waals surface area contributed by atoms with E-state index in [1.165, 1.54) is 6.33 Å². The van der Waals surface area contributed by atoms with E-state index in [0.717, 1.165) is 17.6 Å². The highest BCUT2D eigenvalue weighted by atomic mass is 35.5. The Morgan fingerprint density at radius 1 is 1.41 bits per heavy atom. The maximum Gasteiger partial charge on any atom is 0.277 e. The fraction of sp³-hybridized carbons (Fsp3) is 0.263. The van der Waals surface area contributed by atoms with E-state index in [9.17, 15) is 4.79 Å². The summed E-state index contributed by atoms with van der Waals surface area (Å²) in [6.45, 7) is 0.371. The minimum atomic E-state index is -0.632. The van der Waals surface area contributed by atoms with Gasteiger partial charge in [0.2, 0.25) is 0 Å². The second-order valence-electron chi connectivity index (χ2n) is 6.57. The van der Waals surface area contributed by atoms with Gasteiger partial charge in [-0.25, -0.2) is 14.9 Å². The van der Waals surface area contributed by atoms with Gasteiger partial charge in [0.25, 0.3) is 5.91 Å². The first-order valence-corrected chi connectivity index (χ1v) is 10.8. The Kier molecular flexibility index (Phi) is 7.05. The zero-order chi connectivity index (χ0) is 21.0. The number of rotatable bonds is 8. The molecule has 3 rings (SSSR count). The lowest BCUT2D eigenvalue weighted by Gasteiger charge is -2.15. The lowest BCUT2D eigenvalue weighted by molar-refractivity contribution is 0.0318. The van der Waals surface area contributed by atoms with Gasteiger partial charge in [-0.3, -0.25) is 9.63 Å². The number of nitrogens with one attached hydrogen (secondary N) is 2. The zero-order valence-electron chi connectivity index (χ0n) is 16.4.